The fraction of sp³-hybridized carbons (Fsp3) is 1.00. The van der Waals surface area contributed by atoms with Crippen molar-refractivity contribution in [3.05, 3.63) is 0 Å². The minimum Gasteiger partial charge on any atom is -0.380 e. The van der Waals surface area contributed by atoms with Gasteiger partial charge in [0.05, 0.1) is 13.2 Å². The van der Waals surface area contributed by atoms with Crippen LogP contribution in [0.25, 0.3) is 0 Å². The van der Waals surface area contributed by atoms with Crippen molar-refractivity contribution in [2.24, 2.45) is 11.3 Å². The fourth-order valence-electron chi connectivity index (χ4n) is 3.73. The fourth-order valence-corrected chi connectivity index (χ4v) is 3.73. The van der Waals surface area contributed by atoms with Gasteiger partial charge in [-0.1, -0.05) is 52.4 Å². The first-order valence-corrected chi connectivity index (χ1v) is 9.85. The topological polar surface area (TPSA) is 27.7 Å². The van der Waals surface area contributed by atoms with Crippen molar-refractivity contribution < 1.29 is 14.2 Å². The number of rotatable bonds is 14. The molecule has 0 aliphatic carbocycles. The van der Waals surface area contributed by atoms with Gasteiger partial charge >= 0.3 is 0 Å². The standard InChI is InChI=1S/C20H40O3/c1-6-9-10-11-12-13-14-18(15-19(4)16-21-17-19)20(5,22-7-2)23-8-3/h18H,6-17H2,1-5H3. The van der Waals surface area contributed by atoms with Crippen LogP contribution < -0.4 is 0 Å². The monoisotopic (exact) mass is 328 g/mol. The number of ether oxygens (including phenoxy) is 3. The summed E-state index contributed by atoms with van der Waals surface area (Å²) in [5, 5.41) is 0. The van der Waals surface area contributed by atoms with Gasteiger partial charge in [-0.2, -0.15) is 0 Å². The highest BCUT2D eigenvalue weighted by Gasteiger charge is 2.43. The lowest BCUT2D eigenvalue weighted by Crippen LogP contribution is -2.48. The van der Waals surface area contributed by atoms with Crippen LogP contribution in [0.4, 0.5) is 0 Å². The molecule has 3 heteroatoms. The van der Waals surface area contributed by atoms with E-state index in [1.165, 1.54) is 44.9 Å². The van der Waals surface area contributed by atoms with Crippen molar-refractivity contribution in [3.63, 3.8) is 0 Å². The molecule has 0 spiro atoms. The zero-order valence-electron chi connectivity index (χ0n) is 16.3. The molecule has 0 radical (unpaired) electrons. The molecule has 0 bridgehead atoms. The maximum absolute atomic E-state index is 6.08. The van der Waals surface area contributed by atoms with E-state index in [1.807, 2.05) is 0 Å². The van der Waals surface area contributed by atoms with Gasteiger partial charge in [-0.05, 0) is 33.6 Å². The van der Waals surface area contributed by atoms with Crippen LogP contribution in [0.15, 0.2) is 0 Å². The van der Waals surface area contributed by atoms with Crippen molar-refractivity contribution in [2.45, 2.75) is 91.8 Å². The Morgan fingerprint density at radius 1 is 0.957 bits per heavy atom. The van der Waals surface area contributed by atoms with E-state index >= 15 is 0 Å². The Morgan fingerprint density at radius 3 is 2.00 bits per heavy atom. The predicted octanol–water partition coefficient (Wildman–Crippen LogP) is 5.57. The molecule has 1 saturated heterocycles. The highest BCUT2D eigenvalue weighted by atomic mass is 16.7. The molecule has 0 aromatic heterocycles. The quantitative estimate of drug-likeness (QED) is 0.308. The largest absolute Gasteiger partial charge is 0.380 e. The molecule has 1 unspecified atom stereocenters. The second-order valence-corrected chi connectivity index (χ2v) is 7.64. The van der Waals surface area contributed by atoms with Gasteiger partial charge < -0.3 is 14.2 Å². The second kappa shape index (κ2) is 10.7. The number of unbranched alkanes of at least 4 members (excludes halogenated alkanes) is 5. The van der Waals surface area contributed by atoms with Crippen molar-refractivity contribution >= 4 is 0 Å². The Labute approximate surface area is 144 Å². The van der Waals surface area contributed by atoms with E-state index in [1.54, 1.807) is 0 Å². The maximum Gasteiger partial charge on any atom is 0.168 e. The summed E-state index contributed by atoms with van der Waals surface area (Å²) in [6.45, 7) is 14.1. The highest BCUT2D eigenvalue weighted by Crippen LogP contribution is 2.41. The first-order valence-electron chi connectivity index (χ1n) is 9.85. The average Bonchev–Trinajstić information content (AvgIpc) is 2.48. The van der Waals surface area contributed by atoms with E-state index in [0.29, 0.717) is 24.5 Å². The third-order valence-electron chi connectivity index (χ3n) is 5.15. The molecule has 1 fully saturated rings. The molecule has 138 valence electrons. The van der Waals surface area contributed by atoms with Crippen LogP contribution >= 0.6 is 0 Å². The van der Waals surface area contributed by atoms with Gasteiger partial charge in [0.25, 0.3) is 0 Å². The van der Waals surface area contributed by atoms with Gasteiger partial charge in [0.1, 0.15) is 0 Å². The average molecular weight is 329 g/mol. The van der Waals surface area contributed by atoms with Crippen molar-refractivity contribution in [1.82, 2.24) is 0 Å². The number of hydrogen-bond acceptors (Lipinski definition) is 3. The molecule has 1 aliphatic rings. The van der Waals surface area contributed by atoms with E-state index in [0.717, 1.165) is 19.6 Å². The second-order valence-electron chi connectivity index (χ2n) is 7.64. The zero-order chi connectivity index (χ0) is 17.2. The molecule has 0 N–H and O–H groups in total. The molecular weight excluding hydrogens is 288 g/mol. The Bertz CT molecular complexity index is 293. The summed E-state index contributed by atoms with van der Waals surface area (Å²) in [5.41, 5.74) is 0.308. The lowest BCUT2D eigenvalue weighted by atomic mass is 9.75. The van der Waals surface area contributed by atoms with Gasteiger partial charge in [0, 0.05) is 24.5 Å². The Morgan fingerprint density at radius 2 is 1.52 bits per heavy atom. The SMILES string of the molecule is CCCCCCCCC(CC1(C)COC1)C(C)(OCC)OCC. The highest BCUT2D eigenvalue weighted by molar-refractivity contribution is 4.88. The van der Waals surface area contributed by atoms with Crippen LogP contribution in [0, 0.1) is 11.3 Å². The van der Waals surface area contributed by atoms with Crippen molar-refractivity contribution in [3.8, 4) is 0 Å². The molecule has 1 rings (SSSR count). The van der Waals surface area contributed by atoms with E-state index < -0.39 is 5.79 Å². The smallest absolute Gasteiger partial charge is 0.168 e. The molecular formula is C20H40O3. The van der Waals surface area contributed by atoms with E-state index in [-0.39, 0.29) is 0 Å². The summed E-state index contributed by atoms with van der Waals surface area (Å²) >= 11 is 0. The van der Waals surface area contributed by atoms with Gasteiger partial charge in [-0.3, -0.25) is 0 Å². The molecule has 1 atom stereocenters. The minimum absolute atomic E-state index is 0.308. The molecule has 0 amide bonds. The van der Waals surface area contributed by atoms with Crippen LogP contribution in [-0.4, -0.2) is 32.2 Å². The first kappa shape index (κ1) is 20.9. The van der Waals surface area contributed by atoms with Gasteiger partial charge in [0.15, 0.2) is 5.79 Å². The predicted molar refractivity (Wildman–Crippen MR) is 96.7 cm³/mol. The third kappa shape index (κ3) is 7.11. The Kier molecular flexibility index (Phi) is 9.72. The summed E-state index contributed by atoms with van der Waals surface area (Å²) in [4.78, 5) is 0. The molecule has 0 saturated carbocycles. The van der Waals surface area contributed by atoms with Gasteiger partial charge in [-0.15, -0.1) is 0 Å². The molecule has 1 aliphatic heterocycles. The molecule has 0 aromatic rings. The summed E-state index contributed by atoms with van der Waals surface area (Å²) in [7, 11) is 0. The maximum atomic E-state index is 6.08. The van der Waals surface area contributed by atoms with Crippen molar-refractivity contribution in [2.75, 3.05) is 26.4 Å². The minimum atomic E-state index is -0.453. The summed E-state index contributed by atoms with van der Waals surface area (Å²) < 4.78 is 17.6. The van der Waals surface area contributed by atoms with Gasteiger partial charge in [-0.25, -0.2) is 0 Å². The molecule has 1 heterocycles. The van der Waals surface area contributed by atoms with Crippen molar-refractivity contribution in [1.29, 1.82) is 0 Å². The molecule has 3 nitrogen and oxygen atoms in total. The first-order chi connectivity index (χ1) is 11.0. The summed E-state index contributed by atoms with van der Waals surface area (Å²) in [6, 6.07) is 0. The van der Waals surface area contributed by atoms with Crippen LogP contribution in [-0.2, 0) is 14.2 Å². The molecule has 0 aromatic carbocycles. The summed E-state index contributed by atoms with van der Waals surface area (Å²) in [5.74, 6) is -0.00612. The van der Waals surface area contributed by atoms with E-state index in [9.17, 15) is 0 Å². The van der Waals surface area contributed by atoms with Crippen LogP contribution in [0.2, 0.25) is 0 Å². The lowest BCUT2D eigenvalue weighted by molar-refractivity contribution is -0.264. The van der Waals surface area contributed by atoms with Crippen LogP contribution in [0.1, 0.15) is 86.0 Å². The van der Waals surface area contributed by atoms with Crippen LogP contribution in [0.3, 0.4) is 0 Å². The van der Waals surface area contributed by atoms with Crippen LogP contribution in [0.5, 0.6) is 0 Å². The molecule has 23 heavy (non-hydrogen) atoms. The summed E-state index contributed by atoms with van der Waals surface area (Å²) in [6.07, 6.45) is 10.4. The van der Waals surface area contributed by atoms with Gasteiger partial charge in [0.2, 0.25) is 0 Å². The third-order valence-corrected chi connectivity index (χ3v) is 5.15. The van der Waals surface area contributed by atoms with E-state index in [2.05, 4.69) is 34.6 Å². The zero-order valence-corrected chi connectivity index (χ0v) is 16.3. The normalized spacial score (nSPS) is 18.7. The Hall–Kier alpha value is -0.120. The Balaban J connectivity index is 2.56. The van der Waals surface area contributed by atoms with E-state index in [4.69, 9.17) is 14.2 Å². The number of hydrogen-bond donors (Lipinski definition) is 0. The lowest BCUT2D eigenvalue weighted by Gasteiger charge is -2.45.